The van der Waals surface area contributed by atoms with Crippen LogP contribution < -0.4 is 4.74 Å². The second-order valence-electron chi connectivity index (χ2n) is 4.80. The van der Waals surface area contributed by atoms with Crippen molar-refractivity contribution in [2.24, 2.45) is 5.92 Å². The molecule has 0 unspecified atom stereocenters. The Morgan fingerprint density at radius 2 is 2.20 bits per heavy atom. The first-order valence-electron chi connectivity index (χ1n) is 6.33. The highest BCUT2D eigenvalue weighted by molar-refractivity contribution is 6.32. The number of ether oxygens (including phenoxy) is 1. The molecule has 0 saturated heterocycles. The lowest BCUT2D eigenvalue weighted by Gasteiger charge is -2.25. The van der Waals surface area contributed by atoms with E-state index in [9.17, 15) is 14.9 Å². The second kappa shape index (κ2) is 6.09. The lowest BCUT2D eigenvalue weighted by molar-refractivity contribution is -0.384. The summed E-state index contributed by atoms with van der Waals surface area (Å²) in [7, 11) is 0. The second-order valence-corrected chi connectivity index (χ2v) is 5.21. The van der Waals surface area contributed by atoms with Gasteiger partial charge in [-0.15, -0.1) is 0 Å². The van der Waals surface area contributed by atoms with Crippen LogP contribution in [0.25, 0.3) is 0 Å². The van der Waals surface area contributed by atoms with Gasteiger partial charge in [0.2, 0.25) is 0 Å². The van der Waals surface area contributed by atoms with Gasteiger partial charge in [0.25, 0.3) is 5.69 Å². The van der Waals surface area contributed by atoms with Crippen LogP contribution in [0.15, 0.2) is 12.1 Å². The molecule has 2 rings (SSSR count). The molecule has 0 bridgehead atoms. The zero-order valence-corrected chi connectivity index (χ0v) is 11.4. The van der Waals surface area contributed by atoms with Gasteiger partial charge >= 0.3 is 5.97 Å². The van der Waals surface area contributed by atoms with Crippen molar-refractivity contribution in [3.05, 3.63) is 32.8 Å². The van der Waals surface area contributed by atoms with Crippen LogP contribution in [0.2, 0.25) is 5.02 Å². The predicted octanol–water partition coefficient (Wildman–Crippen LogP) is 3.52. The smallest absolute Gasteiger partial charge is 0.339 e. The third kappa shape index (κ3) is 3.19. The van der Waals surface area contributed by atoms with E-state index in [1.54, 1.807) is 0 Å². The first-order valence-corrected chi connectivity index (χ1v) is 6.71. The van der Waals surface area contributed by atoms with E-state index in [0.717, 1.165) is 18.6 Å². The molecule has 1 aromatic rings. The standard InChI is InChI=1S/C13H14ClNO5/c14-11-7-9(15(18)19)6-10(13(16)17)12(11)20-5-4-8-2-1-3-8/h6-8H,1-5H2,(H,16,17). The van der Waals surface area contributed by atoms with Gasteiger partial charge in [0.05, 0.1) is 16.6 Å². The number of benzene rings is 1. The maximum absolute atomic E-state index is 11.2. The highest BCUT2D eigenvalue weighted by Crippen LogP contribution is 2.35. The molecule has 0 amide bonds. The van der Waals surface area contributed by atoms with E-state index in [1.165, 1.54) is 19.3 Å². The average Bonchev–Trinajstić information content (AvgIpc) is 2.32. The van der Waals surface area contributed by atoms with Crippen LogP contribution in [0.4, 0.5) is 5.69 Å². The molecule has 0 atom stereocenters. The molecular formula is C13H14ClNO5. The van der Waals surface area contributed by atoms with E-state index < -0.39 is 10.9 Å². The van der Waals surface area contributed by atoms with Gasteiger partial charge in [0.1, 0.15) is 5.56 Å². The van der Waals surface area contributed by atoms with Gasteiger partial charge in [-0.05, 0) is 12.3 Å². The van der Waals surface area contributed by atoms with E-state index >= 15 is 0 Å². The van der Waals surface area contributed by atoms with Crippen molar-refractivity contribution in [2.75, 3.05) is 6.61 Å². The van der Waals surface area contributed by atoms with Crippen molar-refractivity contribution in [2.45, 2.75) is 25.7 Å². The molecule has 7 heteroatoms. The molecule has 108 valence electrons. The first-order chi connectivity index (χ1) is 9.49. The Kier molecular flexibility index (Phi) is 4.44. The number of hydrogen-bond acceptors (Lipinski definition) is 4. The van der Waals surface area contributed by atoms with Gasteiger partial charge in [0.15, 0.2) is 5.75 Å². The molecule has 0 heterocycles. The van der Waals surface area contributed by atoms with Crippen molar-refractivity contribution < 1.29 is 19.6 Å². The minimum atomic E-state index is -1.30. The number of aromatic carboxylic acids is 1. The Bertz CT molecular complexity index is 542. The lowest BCUT2D eigenvalue weighted by Crippen LogP contribution is -2.15. The Morgan fingerprint density at radius 3 is 2.70 bits per heavy atom. The molecular weight excluding hydrogens is 286 g/mol. The summed E-state index contributed by atoms with van der Waals surface area (Å²) in [6.45, 7) is 0.364. The van der Waals surface area contributed by atoms with Gasteiger partial charge in [0, 0.05) is 12.1 Å². The Hall–Kier alpha value is -1.82. The molecule has 1 aliphatic carbocycles. The van der Waals surface area contributed by atoms with Crippen LogP contribution in [-0.2, 0) is 0 Å². The van der Waals surface area contributed by atoms with Crippen molar-refractivity contribution in [1.29, 1.82) is 0 Å². The SMILES string of the molecule is O=C(O)c1cc([N+](=O)[O-])cc(Cl)c1OCCC1CCC1. The third-order valence-corrected chi connectivity index (χ3v) is 3.75. The third-order valence-electron chi connectivity index (χ3n) is 3.47. The molecule has 1 N–H and O–H groups in total. The predicted molar refractivity (Wildman–Crippen MR) is 72.5 cm³/mol. The molecule has 6 nitrogen and oxygen atoms in total. The number of nitro benzene ring substituents is 1. The van der Waals surface area contributed by atoms with Gasteiger partial charge in [-0.3, -0.25) is 10.1 Å². The summed E-state index contributed by atoms with van der Waals surface area (Å²) in [6, 6.07) is 2.07. The number of rotatable bonds is 6. The van der Waals surface area contributed by atoms with Crippen LogP contribution in [-0.4, -0.2) is 22.6 Å². The number of non-ortho nitro benzene ring substituents is 1. The van der Waals surface area contributed by atoms with Crippen molar-refractivity contribution in [3.8, 4) is 5.75 Å². The fourth-order valence-corrected chi connectivity index (χ4v) is 2.37. The van der Waals surface area contributed by atoms with Crippen LogP contribution in [0.5, 0.6) is 5.75 Å². The minimum absolute atomic E-state index is 0.00379. The van der Waals surface area contributed by atoms with Crippen LogP contribution in [0, 0.1) is 16.0 Å². The van der Waals surface area contributed by atoms with Crippen molar-refractivity contribution in [3.63, 3.8) is 0 Å². The summed E-state index contributed by atoms with van der Waals surface area (Å²) in [4.78, 5) is 21.2. The zero-order valence-electron chi connectivity index (χ0n) is 10.7. The zero-order chi connectivity index (χ0) is 14.7. The van der Waals surface area contributed by atoms with Crippen molar-refractivity contribution in [1.82, 2.24) is 0 Å². The Balaban J connectivity index is 2.16. The van der Waals surface area contributed by atoms with Gasteiger partial charge in [-0.2, -0.15) is 0 Å². The quantitative estimate of drug-likeness (QED) is 0.641. The Labute approximate surface area is 120 Å². The van der Waals surface area contributed by atoms with Gasteiger partial charge in [-0.1, -0.05) is 30.9 Å². The largest absolute Gasteiger partial charge is 0.491 e. The molecule has 1 saturated carbocycles. The van der Waals surface area contributed by atoms with Crippen molar-refractivity contribution >= 4 is 23.3 Å². The van der Waals surface area contributed by atoms with E-state index in [1.807, 2.05) is 0 Å². The molecule has 0 aliphatic heterocycles. The molecule has 1 aromatic carbocycles. The summed E-state index contributed by atoms with van der Waals surface area (Å²) < 4.78 is 5.43. The number of nitro groups is 1. The summed E-state index contributed by atoms with van der Waals surface area (Å²) in [5.74, 6) is -0.668. The first kappa shape index (κ1) is 14.6. The molecule has 0 spiro atoms. The molecule has 0 radical (unpaired) electrons. The fraction of sp³-hybridized carbons (Fsp3) is 0.462. The highest BCUT2D eigenvalue weighted by Gasteiger charge is 2.22. The lowest BCUT2D eigenvalue weighted by atomic mass is 9.83. The Morgan fingerprint density at radius 1 is 1.50 bits per heavy atom. The summed E-state index contributed by atoms with van der Waals surface area (Å²) >= 11 is 5.89. The fourth-order valence-electron chi connectivity index (χ4n) is 2.10. The molecule has 1 aliphatic rings. The number of carboxylic acids is 1. The normalized spacial score (nSPS) is 14.7. The van der Waals surface area contributed by atoms with Crippen LogP contribution in [0.3, 0.4) is 0 Å². The van der Waals surface area contributed by atoms with Crippen LogP contribution >= 0.6 is 11.6 Å². The number of halogens is 1. The van der Waals surface area contributed by atoms with E-state index in [4.69, 9.17) is 21.4 Å². The topological polar surface area (TPSA) is 89.7 Å². The van der Waals surface area contributed by atoms with E-state index in [2.05, 4.69) is 0 Å². The van der Waals surface area contributed by atoms with E-state index in [-0.39, 0.29) is 22.0 Å². The summed E-state index contributed by atoms with van der Waals surface area (Å²) in [6.07, 6.45) is 4.40. The molecule has 1 fully saturated rings. The number of carbonyl (C=O) groups is 1. The minimum Gasteiger partial charge on any atom is -0.491 e. The summed E-state index contributed by atoms with van der Waals surface area (Å²) in [5.41, 5.74) is -0.642. The summed E-state index contributed by atoms with van der Waals surface area (Å²) in [5, 5.41) is 19.8. The van der Waals surface area contributed by atoms with Gasteiger partial charge in [-0.25, -0.2) is 4.79 Å². The number of carboxylic acid groups (broad SMARTS) is 1. The highest BCUT2D eigenvalue weighted by atomic mass is 35.5. The maximum Gasteiger partial charge on any atom is 0.339 e. The van der Waals surface area contributed by atoms with E-state index in [0.29, 0.717) is 12.5 Å². The monoisotopic (exact) mass is 299 g/mol. The van der Waals surface area contributed by atoms with Crippen LogP contribution in [0.1, 0.15) is 36.0 Å². The number of hydrogen-bond donors (Lipinski definition) is 1. The number of nitrogens with zero attached hydrogens (tertiary/aromatic N) is 1. The molecule has 20 heavy (non-hydrogen) atoms. The average molecular weight is 300 g/mol. The molecule has 0 aromatic heterocycles. The maximum atomic E-state index is 11.2. The van der Waals surface area contributed by atoms with Gasteiger partial charge < -0.3 is 9.84 Å².